The zero-order valence-corrected chi connectivity index (χ0v) is 6.72. The van der Waals surface area contributed by atoms with Crippen molar-refractivity contribution >= 4 is 11.6 Å². The maximum Gasteiger partial charge on any atom is 0.0481 e. The lowest BCUT2D eigenvalue weighted by atomic mass is 10.1. The molecule has 0 aromatic rings. The van der Waals surface area contributed by atoms with Gasteiger partial charge >= 0.3 is 0 Å². The Morgan fingerprint density at radius 2 is 2.40 bits per heavy atom. The van der Waals surface area contributed by atoms with E-state index in [-0.39, 0.29) is 0 Å². The monoisotopic (exact) mass is 157 g/mol. The van der Waals surface area contributed by atoms with E-state index in [0.29, 0.717) is 11.4 Å². The Hall–Kier alpha value is -0.0100. The lowest BCUT2D eigenvalue weighted by molar-refractivity contribution is 0.284. The minimum Gasteiger partial charge on any atom is -0.295 e. The molecule has 0 spiro atoms. The highest BCUT2D eigenvalue weighted by molar-refractivity contribution is 6.21. The smallest absolute Gasteiger partial charge is 0.0481 e. The molecule has 56 valence electrons. The summed E-state index contributed by atoms with van der Waals surface area (Å²) in [5.74, 6) is 0. The van der Waals surface area contributed by atoms with E-state index in [9.17, 15) is 0 Å². The summed E-state index contributed by atoms with van der Waals surface area (Å²) in [6.07, 6.45) is 6.93. The van der Waals surface area contributed by atoms with Gasteiger partial charge in [-0.2, -0.15) is 0 Å². The third-order valence-corrected chi connectivity index (χ3v) is 2.66. The highest BCUT2D eigenvalue weighted by Gasteiger charge is 2.29. The van der Waals surface area contributed by atoms with Crippen molar-refractivity contribution in [1.82, 2.24) is 4.90 Å². The normalized spacial score (nSPS) is 40.1. The van der Waals surface area contributed by atoms with Crippen molar-refractivity contribution in [2.75, 3.05) is 13.1 Å². The van der Waals surface area contributed by atoms with Crippen molar-refractivity contribution in [3.05, 3.63) is 12.2 Å². The highest BCUT2D eigenvalue weighted by atomic mass is 35.5. The van der Waals surface area contributed by atoms with Crippen molar-refractivity contribution in [2.24, 2.45) is 0 Å². The van der Waals surface area contributed by atoms with E-state index < -0.39 is 0 Å². The lowest BCUT2D eigenvalue weighted by Crippen LogP contribution is -2.31. The molecule has 2 unspecified atom stereocenters. The van der Waals surface area contributed by atoms with Gasteiger partial charge in [0.2, 0.25) is 0 Å². The molecule has 2 aliphatic rings. The molecular weight excluding hydrogens is 146 g/mol. The molecule has 0 bridgehead atoms. The van der Waals surface area contributed by atoms with Crippen LogP contribution in [0, 0.1) is 0 Å². The molecule has 10 heavy (non-hydrogen) atoms. The standard InChI is InChI=1S/C8H12ClN/c9-7-5-8-3-1-2-4-10(8)6-7/h1,3,7-8H,2,4-6H2. The van der Waals surface area contributed by atoms with Crippen molar-refractivity contribution in [3.63, 3.8) is 0 Å². The first-order valence-corrected chi connectivity index (χ1v) is 4.34. The number of rotatable bonds is 0. The summed E-state index contributed by atoms with van der Waals surface area (Å²) in [5, 5.41) is 0.396. The quantitative estimate of drug-likeness (QED) is 0.382. The molecule has 0 N–H and O–H groups in total. The molecule has 2 aliphatic heterocycles. The Labute approximate surface area is 66.7 Å². The second kappa shape index (κ2) is 2.55. The van der Waals surface area contributed by atoms with Gasteiger partial charge in [-0.15, -0.1) is 11.6 Å². The van der Waals surface area contributed by atoms with Crippen LogP contribution in [0.5, 0.6) is 0 Å². The fourth-order valence-electron chi connectivity index (χ4n) is 1.83. The molecule has 0 aromatic heterocycles. The number of hydrogen-bond acceptors (Lipinski definition) is 1. The van der Waals surface area contributed by atoms with E-state index in [1.807, 2.05) is 0 Å². The fraction of sp³-hybridized carbons (Fsp3) is 0.750. The zero-order chi connectivity index (χ0) is 6.97. The van der Waals surface area contributed by atoms with Crippen LogP contribution in [-0.2, 0) is 0 Å². The van der Waals surface area contributed by atoms with Gasteiger partial charge < -0.3 is 0 Å². The van der Waals surface area contributed by atoms with E-state index in [1.54, 1.807) is 0 Å². The van der Waals surface area contributed by atoms with Crippen LogP contribution in [0.3, 0.4) is 0 Å². The topological polar surface area (TPSA) is 3.24 Å². The molecule has 0 radical (unpaired) electrons. The molecule has 0 saturated carbocycles. The van der Waals surface area contributed by atoms with Crippen LogP contribution in [0.2, 0.25) is 0 Å². The molecule has 0 amide bonds. The van der Waals surface area contributed by atoms with Crippen molar-refractivity contribution in [3.8, 4) is 0 Å². The largest absolute Gasteiger partial charge is 0.295 e. The zero-order valence-electron chi connectivity index (χ0n) is 5.96. The maximum absolute atomic E-state index is 6.01. The Kier molecular flexibility index (Phi) is 1.71. The third-order valence-electron chi connectivity index (χ3n) is 2.34. The molecule has 0 aliphatic carbocycles. The van der Waals surface area contributed by atoms with Crippen LogP contribution in [0.4, 0.5) is 0 Å². The average Bonchev–Trinajstić information content (AvgIpc) is 2.27. The average molecular weight is 158 g/mol. The van der Waals surface area contributed by atoms with Gasteiger partial charge in [0.1, 0.15) is 0 Å². The number of fused-ring (bicyclic) bond motifs is 1. The second-order valence-electron chi connectivity index (χ2n) is 3.11. The molecule has 2 heteroatoms. The van der Waals surface area contributed by atoms with Gasteiger partial charge in [-0.1, -0.05) is 12.2 Å². The third kappa shape index (κ3) is 1.08. The molecule has 1 saturated heterocycles. The molecule has 2 rings (SSSR count). The predicted octanol–water partition coefficient (Wildman–Crippen LogP) is 1.63. The van der Waals surface area contributed by atoms with Crippen molar-refractivity contribution in [2.45, 2.75) is 24.3 Å². The highest BCUT2D eigenvalue weighted by Crippen LogP contribution is 2.25. The Morgan fingerprint density at radius 1 is 1.50 bits per heavy atom. The second-order valence-corrected chi connectivity index (χ2v) is 3.73. The predicted molar refractivity (Wildman–Crippen MR) is 43.4 cm³/mol. The minimum atomic E-state index is 0.396. The first-order valence-electron chi connectivity index (χ1n) is 3.91. The molecule has 1 nitrogen and oxygen atoms in total. The van der Waals surface area contributed by atoms with Gasteiger partial charge in [0, 0.05) is 24.5 Å². The van der Waals surface area contributed by atoms with Gasteiger partial charge in [-0.3, -0.25) is 4.90 Å². The molecular formula is C8H12ClN. The van der Waals surface area contributed by atoms with Gasteiger partial charge in [0.05, 0.1) is 0 Å². The Balaban J connectivity index is 2.08. The number of halogens is 1. The van der Waals surface area contributed by atoms with Crippen molar-refractivity contribution in [1.29, 1.82) is 0 Å². The Morgan fingerprint density at radius 3 is 3.20 bits per heavy atom. The van der Waals surface area contributed by atoms with Crippen LogP contribution in [-0.4, -0.2) is 29.4 Å². The Bertz CT molecular complexity index is 155. The summed E-state index contributed by atoms with van der Waals surface area (Å²) in [5.41, 5.74) is 0. The van der Waals surface area contributed by atoms with Crippen LogP contribution in [0.15, 0.2) is 12.2 Å². The van der Waals surface area contributed by atoms with Crippen LogP contribution in [0.25, 0.3) is 0 Å². The molecule has 1 fully saturated rings. The molecule has 2 heterocycles. The van der Waals surface area contributed by atoms with E-state index in [0.717, 1.165) is 13.0 Å². The summed E-state index contributed by atoms with van der Waals surface area (Å²) in [6.45, 7) is 2.31. The van der Waals surface area contributed by atoms with Crippen LogP contribution >= 0.6 is 11.6 Å². The fourth-order valence-corrected chi connectivity index (χ4v) is 2.19. The first-order chi connectivity index (χ1) is 4.86. The number of alkyl halides is 1. The van der Waals surface area contributed by atoms with Crippen LogP contribution < -0.4 is 0 Å². The SMILES string of the molecule is ClC1CC2C=CCCN2C1. The number of hydrogen-bond donors (Lipinski definition) is 0. The van der Waals surface area contributed by atoms with E-state index in [4.69, 9.17) is 11.6 Å². The van der Waals surface area contributed by atoms with Gasteiger partial charge in [0.15, 0.2) is 0 Å². The number of nitrogens with zero attached hydrogens (tertiary/aromatic N) is 1. The summed E-state index contributed by atoms with van der Waals surface area (Å²) in [7, 11) is 0. The minimum absolute atomic E-state index is 0.396. The van der Waals surface area contributed by atoms with Gasteiger partial charge in [-0.05, 0) is 12.8 Å². The van der Waals surface area contributed by atoms with E-state index in [1.165, 1.54) is 13.0 Å². The lowest BCUT2D eigenvalue weighted by Gasteiger charge is -2.23. The summed E-state index contributed by atoms with van der Waals surface area (Å²) in [4.78, 5) is 2.47. The van der Waals surface area contributed by atoms with Gasteiger partial charge in [0.25, 0.3) is 0 Å². The maximum atomic E-state index is 6.01. The van der Waals surface area contributed by atoms with Gasteiger partial charge in [-0.25, -0.2) is 0 Å². The van der Waals surface area contributed by atoms with Crippen LogP contribution in [0.1, 0.15) is 12.8 Å². The van der Waals surface area contributed by atoms with E-state index >= 15 is 0 Å². The van der Waals surface area contributed by atoms with Crippen molar-refractivity contribution < 1.29 is 0 Å². The summed E-state index contributed by atoms with van der Waals surface area (Å²) < 4.78 is 0. The van der Waals surface area contributed by atoms with E-state index in [2.05, 4.69) is 17.1 Å². The summed E-state index contributed by atoms with van der Waals surface area (Å²) in [6, 6.07) is 0.663. The molecule has 0 aromatic carbocycles. The first kappa shape index (κ1) is 6.68. The summed E-state index contributed by atoms with van der Waals surface area (Å²) >= 11 is 6.01. The molecule has 2 atom stereocenters.